The first kappa shape index (κ1) is 17.4. The van der Waals surface area contributed by atoms with Crippen molar-refractivity contribution < 1.29 is 36.9 Å². The molecule has 128 valence electrons. The minimum Gasteiger partial charge on any atom is -0.494 e. The number of hydrogen-bond donors (Lipinski definition) is 0. The standard InChI is InChI=1S/C15H17F3O5/c1-20-13(19)23-14(10-22-14)7-2-3-8-21-12-6-4-5-11(9-12)15(16,17)18/h4-6,9H,2-3,7-8,10H2,1H3. The lowest BCUT2D eigenvalue weighted by Crippen LogP contribution is -2.21. The number of alkyl halides is 3. The van der Waals surface area contributed by atoms with Crippen LogP contribution < -0.4 is 4.74 Å². The molecular weight excluding hydrogens is 317 g/mol. The predicted octanol–water partition coefficient (Wildman–Crippen LogP) is 3.76. The lowest BCUT2D eigenvalue weighted by molar-refractivity contribution is -0.137. The van der Waals surface area contributed by atoms with E-state index in [0.717, 1.165) is 12.1 Å². The van der Waals surface area contributed by atoms with Gasteiger partial charge in [-0.05, 0) is 31.0 Å². The van der Waals surface area contributed by atoms with Crippen molar-refractivity contribution in [3.05, 3.63) is 29.8 Å². The molecule has 0 saturated carbocycles. The Morgan fingerprint density at radius 1 is 1.35 bits per heavy atom. The maximum atomic E-state index is 12.6. The monoisotopic (exact) mass is 334 g/mol. The molecule has 1 saturated heterocycles. The molecule has 0 aromatic heterocycles. The molecule has 0 amide bonds. The fourth-order valence-electron chi connectivity index (χ4n) is 1.98. The van der Waals surface area contributed by atoms with Gasteiger partial charge in [0.15, 0.2) is 0 Å². The maximum Gasteiger partial charge on any atom is 0.510 e. The van der Waals surface area contributed by atoms with Gasteiger partial charge in [-0.3, -0.25) is 0 Å². The fourth-order valence-corrected chi connectivity index (χ4v) is 1.98. The molecule has 2 rings (SSSR count). The zero-order chi connectivity index (χ0) is 16.9. The third-order valence-electron chi connectivity index (χ3n) is 3.28. The van der Waals surface area contributed by atoms with Crippen LogP contribution in [0.4, 0.5) is 18.0 Å². The van der Waals surface area contributed by atoms with Gasteiger partial charge in [-0.1, -0.05) is 6.07 Å². The molecule has 0 bridgehead atoms. The van der Waals surface area contributed by atoms with Gasteiger partial charge in [0.25, 0.3) is 0 Å². The van der Waals surface area contributed by atoms with Gasteiger partial charge in [0.1, 0.15) is 12.4 Å². The first-order valence-electron chi connectivity index (χ1n) is 7.06. The van der Waals surface area contributed by atoms with Crippen molar-refractivity contribution >= 4 is 6.16 Å². The van der Waals surface area contributed by atoms with Crippen LogP contribution in [0.25, 0.3) is 0 Å². The van der Waals surface area contributed by atoms with Crippen molar-refractivity contribution in [3.8, 4) is 5.75 Å². The molecule has 1 aliphatic heterocycles. The highest BCUT2D eigenvalue weighted by molar-refractivity contribution is 5.60. The molecule has 8 heteroatoms. The zero-order valence-electron chi connectivity index (χ0n) is 12.5. The Morgan fingerprint density at radius 3 is 2.70 bits per heavy atom. The van der Waals surface area contributed by atoms with E-state index in [1.165, 1.54) is 19.2 Å². The van der Waals surface area contributed by atoms with Crippen LogP contribution in [0, 0.1) is 0 Å². The number of carbonyl (C=O) groups is 1. The minimum atomic E-state index is -4.39. The van der Waals surface area contributed by atoms with Crippen LogP contribution in [0.2, 0.25) is 0 Å². The Balaban J connectivity index is 1.69. The second-order valence-electron chi connectivity index (χ2n) is 5.09. The number of unbranched alkanes of at least 4 members (excludes halogenated alkanes) is 1. The second kappa shape index (κ2) is 7.08. The van der Waals surface area contributed by atoms with Crippen LogP contribution in [-0.2, 0) is 20.4 Å². The van der Waals surface area contributed by atoms with Gasteiger partial charge < -0.3 is 18.9 Å². The summed E-state index contributed by atoms with van der Waals surface area (Å²) in [5.41, 5.74) is -0.744. The molecule has 0 N–H and O–H groups in total. The van der Waals surface area contributed by atoms with Gasteiger partial charge in [-0.25, -0.2) is 4.79 Å². The SMILES string of the molecule is COC(=O)OC1(CCCCOc2cccc(C(F)(F)F)c2)CO1. The zero-order valence-corrected chi connectivity index (χ0v) is 12.5. The lowest BCUT2D eigenvalue weighted by Gasteiger charge is -2.12. The number of benzene rings is 1. The Hall–Kier alpha value is -1.96. The van der Waals surface area contributed by atoms with Gasteiger partial charge in [0.2, 0.25) is 5.79 Å². The molecule has 23 heavy (non-hydrogen) atoms. The highest BCUT2D eigenvalue weighted by Crippen LogP contribution is 2.34. The second-order valence-corrected chi connectivity index (χ2v) is 5.09. The van der Waals surface area contributed by atoms with E-state index in [-0.39, 0.29) is 12.4 Å². The van der Waals surface area contributed by atoms with Crippen molar-refractivity contribution in [2.45, 2.75) is 31.2 Å². The number of rotatable bonds is 7. The summed E-state index contributed by atoms with van der Waals surface area (Å²) in [6.07, 6.45) is -3.49. The average Bonchev–Trinajstić information content (AvgIpc) is 3.26. The van der Waals surface area contributed by atoms with E-state index < -0.39 is 23.7 Å². The number of methoxy groups -OCH3 is 1. The van der Waals surface area contributed by atoms with Crippen molar-refractivity contribution in [2.24, 2.45) is 0 Å². The third-order valence-corrected chi connectivity index (χ3v) is 3.28. The summed E-state index contributed by atoms with van der Waals surface area (Å²) >= 11 is 0. The predicted molar refractivity (Wildman–Crippen MR) is 73.0 cm³/mol. The number of hydrogen-bond acceptors (Lipinski definition) is 5. The van der Waals surface area contributed by atoms with Gasteiger partial charge >= 0.3 is 12.3 Å². The Morgan fingerprint density at radius 2 is 2.09 bits per heavy atom. The van der Waals surface area contributed by atoms with Gasteiger partial charge in [-0.15, -0.1) is 0 Å². The molecule has 1 fully saturated rings. The van der Waals surface area contributed by atoms with Crippen molar-refractivity contribution in [2.75, 3.05) is 20.3 Å². The van der Waals surface area contributed by atoms with Crippen molar-refractivity contribution in [1.29, 1.82) is 0 Å². The molecule has 1 aromatic carbocycles. The van der Waals surface area contributed by atoms with Crippen LogP contribution in [0.15, 0.2) is 24.3 Å². The summed E-state index contributed by atoms with van der Waals surface area (Å²) < 4.78 is 57.4. The molecule has 1 heterocycles. The van der Waals surface area contributed by atoms with E-state index in [4.69, 9.17) is 14.2 Å². The molecule has 1 aromatic rings. The first-order chi connectivity index (χ1) is 10.8. The Kier molecular flexibility index (Phi) is 5.35. The summed E-state index contributed by atoms with van der Waals surface area (Å²) in [6, 6.07) is 4.73. The van der Waals surface area contributed by atoms with E-state index in [9.17, 15) is 18.0 Å². The van der Waals surface area contributed by atoms with E-state index in [2.05, 4.69) is 4.74 Å². The Bertz CT molecular complexity index is 540. The summed E-state index contributed by atoms with van der Waals surface area (Å²) in [5.74, 6) is -0.744. The van der Waals surface area contributed by atoms with Crippen LogP contribution in [0.1, 0.15) is 24.8 Å². The first-order valence-corrected chi connectivity index (χ1v) is 7.06. The van der Waals surface area contributed by atoms with E-state index in [1.807, 2.05) is 0 Å². The third kappa shape index (κ3) is 5.31. The maximum absolute atomic E-state index is 12.6. The molecule has 0 spiro atoms. The fraction of sp³-hybridized carbons (Fsp3) is 0.533. The number of halogens is 3. The van der Waals surface area contributed by atoms with Gasteiger partial charge in [0, 0.05) is 6.42 Å². The van der Waals surface area contributed by atoms with Crippen molar-refractivity contribution in [1.82, 2.24) is 0 Å². The van der Waals surface area contributed by atoms with Crippen LogP contribution in [0.3, 0.4) is 0 Å². The summed E-state index contributed by atoms with van der Waals surface area (Å²) in [4.78, 5) is 11.0. The number of epoxide rings is 1. The largest absolute Gasteiger partial charge is 0.510 e. The van der Waals surface area contributed by atoms with Crippen LogP contribution in [-0.4, -0.2) is 32.3 Å². The molecule has 0 radical (unpaired) electrons. The summed E-state index contributed by atoms with van der Waals surface area (Å²) in [7, 11) is 1.21. The number of ether oxygens (including phenoxy) is 4. The average molecular weight is 334 g/mol. The van der Waals surface area contributed by atoms with Crippen molar-refractivity contribution in [3.63, 3.8) is 0 Å². The van der Waals surface area contributed by atoms with Gasteiger partial charge in [-0.2, -0.15) is 13.2 Å². The summed E-state index contributed by atoms with van der Waals surface area (Å²) in [6.45, 7) is 0.576. The highest BCUT2D eigenvalue weighted by atomic mass is 19.4. The summed E-state index contributed by atoms with van der Waals surface area (Å²) in [5, 5.41) is 0. The molecule has 1 unspecified atom stereocenters. The Labute approximate surface area is 131 Å². The van der Waals surface area contributed by atoms with Crippen LogP contribution >= 0.6 is 0 Å². The number of carbonyl (C=O) groups excluding carboxylic acids is 1. The molecular formula is C15H17F3O5. The molecule has 5 nitrogen and oxygen atoms in total. The molecule has 0 aliphatic carbocycles. The van der Waals surface area contributed by atoms with E-state index in [1.54, 1.807) is 0 Å². The van der Waals surface area contributed by atoms with E-state index >= 15 is 0 Å². The molecule has 1 aliphatic rings. The topological polar surface area (TPSA) is 57.3 Å². The minimum absolute atomic E-state index is 0.169. The normalized spacial score (nSPS) is 20.0. The smallest absolute Gasteiger partial charge is 0.494 e. The lowest BCUT2D eigenvalue weighted by atomic mass is 10.1. The highest BCUT2D eigenvalue weighted by Gasteiger charge is 2.49. The van der Waals surface area contributed by atoms with Gasteiger partial charge in [0.05, 0.1) is 19.3 Å². The van der Waals surface area contributed by atoms with Crippen LogP contribution in [0.5, 0.6) is 5.75 Å². The van der Waals surface area contributed by atoms with E-state index in [0.29, 0.717) is 25.9 Å². The quantitative estimate of drug-likeness (QED) is 0.432. The molecule has 1 atom stereocenters.